The number of hydrogen-bond acceptors (Lipinski definition) is 3. The molecule has 0 aromatic carbocycles. The van der Waals surface area contributed by atoms with E-state index in [-0.39, 0.29) is 18.0 Å². The number of aromatic nitrogens is 2. The molecule has 2 N–H and O–H groups in total. The molecule has 0 atom stereocenters. The van der Waals surface area contributed by atoms with Crippen molar-refractivity contribution in [3.63, 3.8) is 0 Å². The second-order valence-corrected chi connectivity index (χ2v) is 4.53. The van der Waals surface area contributed by atoms with Crippen LogP contribution in [0, 0.1) is 0 Å². The molecule has 0 spiro atoms. The largest absolute Gasteiger partial charge is 0.350 e. The highest BCUT2D eigenvalue weighted by Gasteiger charge is 2.14. The van der Waals surface area contributed by atoms with Gasteiger partial charge in [-0.3, -0.25) is 19.5 Å². The van der Waals surface area contributed by atoms with Crippen LogP contribution in [0.25, 0.3) is 0 Å². The summed E-state index contributed by atoms with van der Waals surface area (Å²) in [6, 6.07) is 2.25. The molecule has 0 aliphatic carbocycles. The summed E-state index contributed by atoms with van der Waals surface area (Å²) in [4.78, 5) is 33.7. The Morgan fingerprint density at radius 2 is 2.00 bits per heavy atom. The third kappa shape index (κ3) is 3.72. The number of H-pyrrole nitrogens is 1. The van der Waals surface area contributed by atoms with Crippen LogP contribution in [0.3, 0.4) is 0 Å². The van der Waals surface area contributed by atoms with Gasteiger partial charge in [0.2, 0.25) is 5.91 Å². The SMILES string of the molecule is CC(C)(C)NC(=O)Cn1[nH]c(=O)ccc1=O. The molecular formula is C10H15N3O3. The number of rotatable bonds is 2. The third-order valence-corrected chi connectivity index (χ3v) is 1.70. The number of amides is 1. The molecule has 88 valence electrons. The molecule has 0 saturated heterocycles. The van der Waals surface area contributed by atoms with Gasteiger partial charge in [0.25, 0.3) is 11.1 Å². The summed E-state index contributed by atoms with van der Waals surface area (Å²) >= 11 is 0. The van der Waals surface area contributed by atoms with E-state index in [4.69, 9.17) is 0 Å². The summed E-state index contributed by atoms with van der Waals surface area (Å²) in [5.74, 6) is -0.323. The molecule has 0 aliphatic heterocycles. The highest BCUT2D eigenvalue weighted by molar-refractivity contribution is 5.76. The van der Waals surface area contributed by atoms with E-state index in [9.17, 15) is 14.4 Å². The molecular weight excluding hydrogens is 210 g/mol. The molecule has 0 aliphatic rings. The standard InChI is InChI=1S/C10H15N3O3/c1-10(2,3)11-8(15)6-13-9(16)5-4-7(14)12-13/h4-5H,6H2,1-3H3,(H,11,15)(H,12,14). The van der Waals surface area contributed by atoms with E-state index in [1.807, 2.05) is 20.8 Å². The van der Waals surface area contributed by atoms with Crippen molar-refractivity contribution in [2.24, 2.45) is 0 Å². The predicted molar refractivity (Wildman–Crippen MR) is 59.2 cm³/mol. The van der Waals surface area contributed by atoms with Gasteiger partial charge in [-0.1, -0.05) is 0 Å². The zero-order valence-corrected chi connectivity index (χ0v) is 9.53. The van der Waals surface area contributed by atoms with Crippen molar-refractivity contribution in [1.29, 1.82) is 0 Å². The van der Waals surface area contributed by atoms with Crippen LogP contribution in [0.15, 0.2) is 21.7 Å². The minimum atomic E-state index is -0.414. The molecule has 6 nitrogen and oxygen atoms in total. The molecule has 0 radical (unpaired) electrons. The zero-order valence-electron chi connectivity index (χ0n) is 9.53. The van der Waals surface area contributed by atoms with E-state index in [1.54, 1.807) is 0 Å². The Bertz CT molecular complexity index is 493. The van der Waals surface area contributed by atoms with Crippen LogP contribution >= 0.6 is 0 Å². The topological polar surface area (TPSA) is 84.0 Å². The third-order valence-electron chi connectivity index (χ3n) is 1.70. The summed E-state index contributed by atoms with van der Waals surface area (Å²) in [6.45, 7) is 5.32. The van der Waals surface area contributed by atoms with E-state index in [1.165, 1.54) is 0 Å². The molecule has 1 aromatic heterocycles. The number of carbonyl (C=O) groups is 1. The van der Waals surface area contributed by atoms with Gasteiger partial charge in [-0.25, -0.2) is 4.68 Å². The molecule has 16 heavy (non-hydrogen) atoms. The summed E-state index contributed by atoms with van der Waals surface area (Å²) in [7, 11) is 0. The van der Waals surface area contributed by atoms with Crippen molar-refractivity contribution in [3.05, 3.63) is 32.8 Å². The highest BCUT2D eigenvalue weighted by atomic mass is 16.2. The van der Waals surface area contributed by atoms with Crippen LogP contribution in [0.5, 0.6) is 0 Å². The first-order valence-electron chi connectivity index (χ1n) is 4.89. The first-order chi connectivity index (χ1) is 7.28. The summed E-state index contributed by atoms with van der Waals surface area (Å²) < 4.78 is 0.976. The van der Waals surface area contributed by atoms with Crippen LogP contribution in [0.4, 0.5) is 0 Å². The molecule has 0 fully saturated rings. The highest BCUT2D eigenvalue weighted by Crippen LogP contribution is 1.97. The number of nitrogens with zero attached hydrogens (tertiary/aromatic N) is 1. The van der Waals surface area contributed by atoms with Crippen molar-refractivity contribution in [3.8, 4) is 0 Å². The Labute approximate surface area is 92.3 Å². The lowest BCUT2D eigenvalue weighted by Crippen LogP contribution is -2.44. The fourth-order valence-electron chi connectivity index (χ4n) is 1.18. The van der Waals surface area contributed by atoms with Crippen molar-refractivity contribution in [1.82, 2.24) is 15.1 Å². The molecule has 6 heteroatoms. The Balaban J connectivity index is 2.82. The van der Waals surface area contributed by atoms with Gasteiger partial charge in [-0.2, -0.15) is 0 Å². The van der Waals surface area contributed by atoms with Gasteiger partial charge in [0.05, 0.1) is 0 Å². The number of carbonyl (C=O) groups excluding carboxylic acids is 1. The number of hydrogen-bond donors (Lipinski definition) is 2. The van der Waals surface area contributed by atoms with Crippen molar-refractivity contribution in [2.45, 2.75) is 32.9 Å². The summed E-state index contributed by atoms with van der Waals surface area (Å²) in [5, 5.41) is 4.97. The maximum absolute atomic E-state index is 11.5. The van der Waals surface area contributed by atoms with E-state index in [0.717, 1.165) is 16.8 Å². The lowest BCUT2D eigenvalue weighted by atomic mass is 10.1. The Morgan fingerprint density at radius 3 is 2.56 bits per heavy atom. The average molecular weight is 225 g/mol. The van der Waals surface area contributed by atoms with E-state index < -0.39 is 11.1 Å². The van der Waals surface area contributed by atoms with Crippen LogP contribution in [-0.4, -0.2) is 21.2 Å². The van der Waals surface area contributed by atoms with Gasteiger partial charge in [0, 0.05) is 17.7 Å². The van der Waals surface area contributed by atoms with E-state index in [2.05, 4.69) is 10.4 Å². The average Bonchev–Trinajstić information content (AvgIpc) is 2.08. The normalized spacial score (nSPS) is 11.2. The zero-order chi connectivity index (χ0) is 12.3. The Hall–Kier alpha value is -1.85. The minimum Gasteiger partial charge on any atom is -0.350 e. The molecule has 1 rings (SSSR count). The molecule has 1 amide bonds. The van der Waals surface area contributed by atoms with Crippen LogP contribution < -0.4 is 16.4 Å². The molecule has 0 unspecified atom stereocenters. The van der Waals surface area contributed by atoms with Gasteiger partial charge < -0.3 is 5.32 Å². The maximum Gasteiger partial charge on any atom is 0.265 e. The van der Waals surface area contributed by atoms with Gasteiger partial charge >= 0.3 is 0 Å². The van der Waals surface area contributed by atoms with Crippen LogP contribution in [0.1, 0.15) is 20.8 Å². The van der Waals surface area contributed by atoms with Crippen LogP contribution in [0.2, 0.25) is 0 Å². The van der Waals surface area contributed by atoms with E-state index in [0.29, 0.717) is 0 Å². The molecule has 1 heterocycles. The Kier molecular flexibility index (Phi) is 3.31. The molecule has 0 bridgehead atoms. The van der Waals surface area contributed by atoms with E-state index >= 15 is 0 Å². The first kappa shape index (κ1) is 12.2. The van der Waals surface area contributed by atoms with Gasteiger partial charge in [-0.15, -0.1) is 0 Å². The predicted octanol–water partition coefficient (Wildman–Crippen LogP) is -0.549. The molecule has 1 aromatic rings. The first-order valence-corrected chi connectivity index (χ1v) is 4.89. The van der Waals surface area contributed by atoms with Crippen molar-refractivity contribution in [2.75, 3.05) is 0 Å². The molecule has 0 saturated carbocycles. The Morgan fingerprint density at radius 1 is 1.38 bits per heavy atom. The smallest absolute Gasteiger partial charge is 0.265 e. The van der Waals surface area contributed by atoms with Gasteiger partial charge in [0.15, 0.2) is 0 Å². The lowest BCUT2D eigenvalue weighted by Gasteiger charge is -2.20. The second-order valence-electron chi connectivity index (χ2n) is 4.53. The fourth-order valence-corrected chi connectivity index (χ4v) is 1.18. The minimum absolute atomic E-state index is 0.188. The second kappa shape index (κ2) is 4.34. The summed E-state index contributed by atoms with van der Waals surface area (Å²) in [5.41, 5.74) is -1.19. The van der Waals surface area contributed by atoms with Crippen LogP contribution in [-0.2, 0) is 11.3 Å². The number of aromatic amines is 1. The van der Waals surface area contributed by atoms with Crippen molar-refractivity contribution < 1.29 is 4.79 Å². The maximum atomic E-state index is 11.5. The van der Waals surface area contributed by atoms with Gasteiger partial charge in [0.1, 0.15) is 6.54 Å². The quantitative estimate of drug-likeness (QED) is 0.708. The van der Waals surface area contributed by atoms with Gasteiger partial charge in [-0.05, 0) is 20.8 Å². The number of nitrogens with one attached hydrogen (secondary N) is 2. The monoisotopic (exact) mass is 225 g/mol. The summed E-state index contributed by atoms with van der Waals surface area (Å²) in [6.07, 6.45) is 0. The lowest BCUT2D eigenvalue weighted by molar-refractivity contribution is -0.123. The van der Waals surface area contributed by atoms with Crippen molar-refractivity contribution >= 4 is 5.91 Å². The fraction of sp³-hybridized carbons (Fsp3) is 0.500.